The minimum absolute atomic E-state index is 0.125. The van der Waals surface area contributed by atoms with Crippen LogP contribution in [0.5, 0.6) is 0 Å². The average Bonchev–Trinajstić information content (AvgIpc) is 2.70. The summed E-state index contributed by atoms with van der Waals surface area (Å²) in [5.41, 5.74) is 4.51. The lowest BCUT2D eigenvalue weighted by atomic mass is 9.87. The fourth-order valence-corrected chi connectivity index (χ4v) is 4.57. The van der Waals surface area contributed by atoms with Gasteiger partial charge < -0.3 is 10.4 Å². The number of hydrogen-bond donors (Lipinski definition) is 2. The largest absolute Gasteiger partial charge is 0.481 e. The highest BCUT2D eigenvalue weighted by molar-refractivity contribution is 6.34. The van der Waals surface area contributed by atoms with Gasteiger partial charge in [0.2, 0.25) is 0 Å². The molecule has 3 rings (SSSR count). The molecule has 0 aliphatic heterocycles. The second kappa shape index (κ2) is 10.6. The van der Waals surface area contributed by atoms with Crippen molar-refractivity contribution >= 4 is 35.2 Å². The van der Waals surface area contributed by atoms with E-state index in [4.69, 9.17) is 16.7 Å². The molecule has 0 atom stereocenters. The molecule has 1 aliphatic carbocycles. The van der Waals surface area contributed by atoms with Crippen LogP contribution in [0.15, 0.2) is 36.4 Å². The van der Waals surface area contributed by atoms with Gasteiger partial charge in [0, 0.05) is 5.56 Å². The van der Waals surface area contributed by atoms with Gasteiger partial charge in [0.15, 0.2) is 0 Å². The second-order valence-corrected chi connectivity index (χ2v) is 8.92. The first kappa shape index (κ1) is 23.1. The highest BCUT2D eigenvalue weighted by atomic mass is 35.5. The smallest absolute Gasteiger partial charge is 0.307 e. The lowest BCUT2D eigenvalue weighted by Crippen LogP contribution is -2.16. The molecule has 2 aromatic carbocycles. The summed E-state index contributed by atoms with van der Waals surface area (Å²) in [5.74, 6) is -0.376. The Morgan fingerprint density at radius 1 is 1.10 bits per heavy atom. The van der Waals surface area contributed by atoms with Crippen molar-refractivity contribution in [2.45, 2.75) is 58.8 Å². The Hall–Kier alpha value is -2.59. The van der Waals surface area contributed by atoms with Gasteiger partial charge in [0.1, 0.15) is 0 Å². The van der Waals surface area contributed by atoms with E-state index in [0.29, 0.717) is 21.8 Å². The normalized spacial score (nSPS) is 14.7. The molecular formula is C26H30ClNO3. The van der Waals surface area contributed by atoms with E-state index >= 15 is 0 Å². The van der Waals surface area contributed by atoms with E-state index in [-0.39, 0.29) is 12.3 Å². The third-order valence-corrected chi connectivity index (χ3v) is 6.25. The fourth-order valence-electron chi connectivity index (χ4n) is 4.41. The van der Waals surface area contributed by atoms with Crippen molar-refractivity contribution in [2.75, 3.05) is 5.32 Å². The Balaban J connectivity index is 1.72. The molecule has 4 nitrogen and oxygen atoms in total. The molecule has 31 heavy (non-hydrogen) atoms. The second-order valence-electron chi connectivity index (χ2n) is 8.51. The maximum absolute atomic E-state index is 13.0. The molecule has 2 N–H and O–H groups in total. The summed E-state index contributed by atoms with van der Waals surface area (Å²) in [6.45, 7) is 3.87. The van der Waals surface area contributed by atoms with E-state index in [2.05, 4.69) is 17.5 Å². The third-order valence-electron chi connectivity index (χ3n) is 5.92. The Morgan fingerprint density at radius 2 is 1.77 bits per heavy atom. The summed E-state index contributed by atoms with van der Waals surface area (Å²) in [6.07, 6.45) is 12.1. The molecule has 0 unspecified atom stereocenters. The zero-order valence-electron chi connectivity index (χ0n) is 18.2. The highest BCUT2D eigenvalue weighted by Crippen LogP contribution is 2.28. The maximum atomic E-state index is 13.0. The van der Waals surface area contributed by atoms with Crippen molar-refractivity contribution in [3.05, 3.63) is 69.2 Å². The minimum Gasteiger partial charge on any atom is -0.481 e. The quantitative estimate of drug-likeness (QED) is 0.497. The molecule has 1 saturated carbocycles. The number of carbonyl (C=O) groups is 2. The van der Waals surface area contributed by atoms with Gasteiger partial charge in [-0.15, -0.1) is 0 Å². The van der Waals surface area contributed by atoms with Crippen LogP contribution in [-0.4, -0.2) is 17.0 Å². The van der Waals surface area contributed by atoms with Gasteiger partial charge in [-0.3, -0.25) is 9.59 Å². The number of benzene rings is 2. The molecule has 0 heterocycles. The van der Waals surface area contributed by atoms with Crippen LogP contribution in [0, 0.1) is 19.8 Å². The highest BCUT2D eigenvalue weighted by Gasteiger charge is 2.16. The van der Waals surface area contributed by atoms with E-state index in [9.17, 15) is 9.59 Å². The van der Waals surface area contributed by atoms with Crippen LogP contribution in [0.1, 0.15) is 71.1 Å². The Kier molecular flexibility index (Phi) is 7.91. The van der Waals surface area contributed by atoms with Gasteiger partial charge in [-0.25, -0.2) is 0 Å². The Morgan fingerprint density at radius 3 is 2.42 bits per heavy atom. The predicted octanol–water partition coefficient (Wildman–Crippen LogP) is 6.82. The van der Waals surface area contributed by atoms with E-state index < -0.39 is 5.97 Å². The summed E-state index contributed by atoms with van der Waals surface area (Å²) >= 11 is 6.22. The van der Waals surface area contributed by atoms with Crippen molar-refractivity contribution in [1.82, 2.24) is 0 Å². The number of carboxylic acids is 1. The van der Waals surface area contributed by atoms with Gasteiger partial charge in [0.05, 0.1) is 17.1 Å². The van der Waals surface area contributed by atoms with E-state index in [1.165, 1.54) is 32.1 Å². The number of anilines is 1. The van der Waals surface area contributed by atoms with Crippen LogP contribution in [-0.2, 0) is 11.2 Å². The molecule has 0 saturated heterocycles. The van der Waals surface area contributed by atoms with Crippen molar-refractivity contribution in [1.29, 1.82) is 0 Å². The van der Waals surface area contributed by atoms with Crippen LogP contribution in [0.25, 0.3) is 6.08 Å². The lowest BCUT2D eigenvalue weighted by molar-refractivity contribution is -0.136. The number of halogens is 1. The van der Waals surface area contributed by atoms with Gasteiger partial charge in [0.25, 0.3) is 5.91 Å². The van der Waals surface area contributed by atoms with Gasteiger partial charge in [-0.2, -0.15) is 0 Å². The Bertz CT molecular complexity index is 967. The number of allylic oxidation sites excluding steroid dienone is 1. The Labute approximate surface area is 189 Å². The van der Waals surface area contributed by atoms with Crippen molar-refractivity contribution < 1.29 is 14.7 Å². The first-order valence-corrected chi connectivity index (χ1v) is 11.3. The lowest BCUT2D eigenvalue weighted by Gasteiger charge is -2.19. The monoisotopic (exact) mass is 439 g/mol. The molecule has 2 aromatic rings. The molecule has 0 bridgehead atoms. The molecule has 0 radical (unpaired) electrons. The van der Waals surface area contributed by atoms with Gasteiger partial charge >= 0.3 is 5.97 Å². The average molecular weight is 440 g/mol. The molecular weight excluding hydrogens is 410 g/mol. The standard InChI is InChI=1S/C26H30ClNO3/c1-17-13-20(10-6-9-19-7-4-3-5-8-19)14-18(2)25(17)26(31)28-23-15-21(16-24(29)30)11-12-22(23)27/h6,10-15,19H,3-5,7-9,16H2,1-2H3,(H,28,31)(H,29,30)/b10-6+. The first-order valence-electron chi connectivity index (χ1n) is 10.9. The molecule has 1 aliphatic rings. The molecule has 0 spiro atoms. The van der Waals surface area contributed by atoms with Crippen LogP contribution >= 0.6 is 11.6 Å². The summed E-state index contributed by atoms with van der Waals surface area (Å²) in [6, 6.07) is 8.93. The number of hydrogen-bond acceptors (Lipinski definition) is 2. The summed E-state index contributed by atoms with van der Waals surface area (Å²) in [7, 11) is 0. The minimum atomic E-state index is -0.932. The topological polar surface area (TPSA) is 66.4 Å². The number of aliphatic carboxylic acids is 1. The van der Waals surface area contributed by atoms with E-state index in [1.807, 2.05) is 26.0 Å². The number of carboxylic acid groups (broad SMARTS) is 1. The van der Waals surface area contributed by atoms with E-state index in [1.54, 1.807) is 18.2 Å². The number of nitrogens with one attached hydrogen (secondary N) is 1. The summed E-state index contributed by atoms with van der Waals surface area (Å²) in [5, 5.41) is 12.2. The number of carbonyl (C=O) groups excluding carboxylic acids is 1. The zero-order valence-corrected chi connectivity index (χ0v) is 19.0. The van der Waals surface area contributed by atoms with Crippen LogP contribution in [0.4, 0.5) is 5.69 Å². The van der Waals surface area contributed by atoms with Crippen molar-refractivity contribution in [3.63, 3.8) is 0 Å². The molecule has 164 valence electrons. The van der Waals surface area contributed by atoms with Crippen molar-refractivity contribution in [2.24, 2.45) is 5.92 Å². The SMILES string of the molecule is Cc1cc(/C=C/CC2CCCCC2)cc(C)c1C(=O)Nc1cc(CC(=O)O)ccc1Cl. The number of aryl methyl sites for hydroxylation is 2. The van der Waals surface area contributed by atoms with Gasteiger partial charge in [-0.05, 0) is 60.6 Å². The molecule has 1 amide bonds. The zero-order chi connectivity index (χ0) is 22.4. The van der Waals surface area contributed by atoms with Gasteiger partial charge in [-0.1, -0.05) is 74.1 Å². The molecule has 0 aromatic heterocycles. The number of amides is 1. The van der Waals surface area contributed by atoms with Crippen LogP contribution < -0.4 is 5.32 Å². The van der Waals surface area contributed by atoms with E-state index in [0.717, 1.165) is 29.0 Å². The first-order chi connectivity index (χ1) is 14.8. The van der Waals surface area contributed by atoms with Crippen LogP contribution in [0.2, 0.25) is 5.02 Å². The third kappa shape index (κ3) is 6.44. The van der Waals surface area contributed by atoms with Crippen molar-refractivity contribution in [3.8, 4) is 0 Å². The summed E-state index contributed by atoms with van der Waals surface area (Å²) in [4.78, 5) is 23.9. The fraction of sp³-hybridized carbons (Fsp3) is 0.385. The number of rotatable bonds is 7. The predicted molar refractivity (Wildman–Crippen MR) is 127 cm³/mol. The summed E-state index contributed by atoms with van der Waals surface area (Å²) < 4.78 is 0. The maximum Gasteiger partial charge on any atom is 0.307 e. The molecule has 1 fully saturated rings. The molecule has 5 heteroatoms. The van der Waals surface area contributed by atoms with Crippen LogP contribution in [0.3, 0.4) is 0 Å².